The van der Waals surface area contributed by atoms with Crippen molar-refractivity contribution in [2.75, 3.05) is 17.7 Å². The molecule has 128 valence electrons. The smallest absolute Gasteiger partial charge is 0.344 e. The van der Waals surface area contributed by atoms with Crippen LogP contribution in [0.5, 0.6) is 0 Å². The van der Waals surface area contributed by atoms with Crippen LogP contribution in [0.25, 0.3) is 0 Å². The first-order valence-electron chi connectivity index (χ1n) is 7.57. The average molecular weight is 369 g/mol. The molecule has 1 aromatic carbocycles. The highest BCUT2D eigenvalue weighted by atomic mass is 35.5. The van der Waals surface area contributed by atoms with E-state index in [2.05, 4.69) is 15.5 Å². The van der Waals surface area contributed by atoms with Crippen molar-refractivity contribution in [3.05, 3.63) is 39.8 Å². The van der Waals surface area contributed by atoms with Gasteiger partial charge in [0.05, 0.1) is 18.4 Å². The van der Waals surface area contributed by atoms with Crippen molar-refractivity contribution in [1.29, 1.82) is 0 Å². The van der Waals surface area contributed by atoms with Crippen LogP contribution >= 0.6 is 23.4 Å². The Hall–Kier alpha value is -1.77. The van der Waals surface area contributed by atoms with Gasteiger partial charge in [-0.25, -0.2) is 9.89 Å². The standard InChI is InChI=1S/C15H17ClN4O3S/c16-10-3-1-4-11(7-10)17-13(21)9-24-15-19-18-14(22)20(15)8-12-5-2-6-23-12/h1,3-4,7,12H,2,5-6,8-9H2,(H,17,21)(H,18,22)/t12-/m1/s1. The number of hydrogen-bond acceptors (Lipinski definition) is 5. The summed E-state index contributed by atoms with van der Waals surface area (Å²) in [5.41, 5.74) is 0.343. The largest absolute Gasteiger partial charge is 0.376 e. The van der Waals surface area contributed by atoms with Gasteiger partial charge in [0.2, 0.25) is 5.91 Å². The minimum Gasteiger partial charge on any atom is -0.376 e. The van der Waals surface area contributed by atoms with E-state index in [0.29, 0.717) is 22.4 Å². The van der Waals surface area contributed by atoms with Gasteiger partial charge in [-0.05, 0) is 31.0 Å². The van der Waals surface area contributed by atoms with E-state index in [1.165, 1.54) is 16.3 Å². The van der Waals surface area contributed by atoms with Gasteiger partial charge in [0.1, 0.15) is 0 Å². The Labute approximate surface area is 147 Å². The summed E-state index contributed by atoms with van der Waals surface area (Å²) in [6, 6.07) is 6.93. The molecule has 1 aromatic heterocycles. The maximum atomic E-state index is 12.0. The normalized spacial score (nSPS) is 17.1. The molecule has 0 aliphatic carbocycles. The lowest BCUT2D eigenvalue weighted by molar-refractivity contribution is -0.113. The summed E-state index contributed by atoms with van der Waals surface area (Å²) in [5, 5.41) is 10.2. The third kappa shape index (κ3) is 4.40. The molecule has 0 unspecified atom stereocenters. The first-order valence-corrected chi connectivity index (χ1v) is 8.93. The summed E-state index contributed by atoms with van der Waals surface area (Å²) in [4.78, 5) is 23.9. The van der Waals surface area contributed by atoms with Gasteiger partial charge in [0, 0.05) is 17.3 Å². The van der Waals surface area contributed by atoms with Crippen LogP contribution in [0.15, 0.2) is 34.2 Å². The third-order valence-electron chi connectivity index (χ3n) is 3.57. The molecular weight excluding hydrogens is 352 g/mol. The number of aromatic nitrogens is 3. The molecular formula is C15H17ClN4O3S. The van der Waals surface area contributed by atoms with E-state index in [1.807, 2.05) is 0 Å². The van der Waals surface area contributed by atoms with Crippen molar-refractivity contribution >= 4 is 35.0 Å². The maximum absolute atomic E-state index is 12.0. The maximum Gasteiger partial charge on any atom is 0.344 e. The number of thioether (sulfide) groups is 1. The van der Waals surface area contributed by atoms with E-state index in [-0.39, 0.29) is 23.5 Å². The summed E-state index contributed by atoms with van der Waals surface area (Å²) in [5.74, 6) is -0.0520. The number of ether oxygens (including phenoxy) is 1. The SMILES string of the molecule is O=C(CSc1n[nH]c(=O)n1C[C@H]1CCCO1)Nc1cccc(Cl)c1. The van der Waals surface area contributed by atoms with E-state index in [4.69, 9.17) is 16.3 Å². The van der Waals surface area contributed by atoms with Gasteiger partial charge < -0.3 is 10.1 Å². The van der Waals surface area contributed by atoms with Crippen LogP contribution < -0.4 is 11.0 Å². The molecule has 1 aliphatic rings. The molecule has 1 atom stereocenters. The molecule has 7 nitrogen and oxygen atoms in total. The Balaban J connectivity index is 1.58. The fraction of sp³-hybridized carbons (Fsp3) is 0.400. The minimum atomic E-state index is -0.289. The lowest BCUT2D eigenvalue weighted by Gasteiger charge is -2.11. The molecule has 0 radical (unpaired) electrons. The summed E-state index contributed by atoms with van der Waals surface area (Å²) >= 11 is 7.09. The number of nitrogens with zero attached hydrogens (tertiary/aromatic N) is 2. The van der Waals surface area contributed by atoms with Crippen molar-refractivity contribution < 1.29 is 9.53 Å². The molecule has 24 heavy (non-hydrogen) atoms. The summed E-state index contributed by atoms with van der Waals surface area (Å²) in [6.45, 7) is 1.18. The second-order valence-corrected chi connectivity index (χ2v) is 6.78. The number of carbonyl (C=O) groups excluding carboxylic acids is 1. The number of anilines is 1. The van der Waals surface area contributed by atoms with E-state index in [1.54, 1.807) is 24.3 Å². The van der Waals surface area contributed by atoms with Gasteiger partial charge in [-0.3, -0.25) is 9.36 Å². The molecule has 9 heteroatoms. The predicted molar refractivity (Wildman–Crippen MR) is 92.6 cm³/mol. The first kappa shape index (κ1) is 17.1. The van der Waals surface area contributed by atoms with Gasteiger partial charge in [-0.1, -0.05) is 29.4 Å². The van der Waals surface area contributed by atoms with Crippen molar-refractivity contribution in [3.8, 4) is 0 Å². The predicted octanol–water partition coefficient (Wildman–Crippen LogP) is 2.13. The molecule has 3 rings (SSSR count). The van der Waals surface area contributed by atoms with Crippen LogP contribution in [-0.2, 0) is 16.1 Å². The lowest BCUT2D eigenvalue weighted by Crippen LogP contribution is -2.25. The molecule has 1 fully saturated rings. The van der Waals surface area contributed by atoms with E-state index in [0.717, 1.165) is 19.4 Å². The van der Waals surface area contributed by atoms with Gasteiger partial charge >= 0.3 is 5.69 Å². The van der Waals surface area contributed by atoms with Crippen LogP contribution in [0.1, 0.15) is 12.8 Å². The molecule has 1 saturated heterocycles. The Morgan fingerprint density at radius 1 is 1.54 bits per heavy atom. The average Bonchev–Trinajstić information content (AvgIpc) is 3.17. The van der Waals surface area contributed by atoms with Gasteiger partial charge in [-0.15, -0.1) is 5.10 Å². The second kappa shape index (κ2) is 7.87. The number of halogens is 1. The minimum absolute atomic E-state index is 0.0277. The van der Waals surface area contributed by atoms with Crippen LogP contribution in [0.4, 0.5) is 5.69 Å². The Morgan fingerprint density at radius 2 is 2.42 bits per heavy atom. The fourth-order valence-electron chi connectivity index (χ4n) is 2.46. The van der Waals surface area contributed by atoms with Crippen LogP contribution in [0, 0.1) is 0 Å². The zero-order valence-corrected chi connectivity index (χ0v) is 14.4. The monoisotopic (exact) mass is 368 g/mol. The molecule has 0 bridgehead atoms. The highest BCUT2D eigenvalue weighted by molar-refractivity contribution is 7.99. The van der Waals surface area contributed by atoms with Crippen molar-refractivity contribution in [3.63, 3.8) is 0 Å². The molecule has 0 spiro atoms. The number of nitrogens with one attached hydrogen (secondary N) is 2. The number of rotatable bonds is 6. The second-order valence-electron chi connectivity index (χ2n) is 5.40. The molecule has 2 N–H and O–H groups in total. The molecule has 1 amide bonds. The topological polar surface area (TPSA) is 89.0 Å². The first-order chi connectivity index (χ1) is 11.6. The number of aromatic amines is 1. The highest BCUT2D eigenvalue weighted by Crippen LogP contribution is 2.19. The Morgan fingerprint density at radius 3 is 3.17 bits per heavy atom. The van der Waals surface area contributed by atoms with Crippen LogP contribution in [-0.4, -0.2) is 39.1 Å². The molecule has 1 aliphatic heterocycles. The van der Waals surface area contributed by atoms with Gasteiger partial charge in [-0.2, -0.15) is 0 Å². The van der Waals surface area contributed by atoms with Gasteiger partial charge in [0.25, 0.3) is 0 Å². The van der Waals surface area contributed by atoms with Crippen LogP contribution in [0.3, 0.4) is 0 Å². The molecule has 2 heterocycles. The summed E-state index contributed by atoms with van der Waals surface area (Å²) in [7, 11) is 0. The zero-order chi connectivity index (χ0) is 16.9. The summed E-state index contributed by atoms with van der Waals surface area (Å²) in [6.07, 6.45) is 1.96. The summed E-state index contributed by atoms with van der Waals surface area (Å²) < 4.78 is 7.07. The zero-order valence-electron chi connectivity index (χ0n) is 12.8. The lowest BCUT2D eigenvalue weighted by atomic mass is 10.2. The van der Waals surface area contributed by atoms with E-state index >= 15 is 0 Å². The molecule has 2 aromatic rings. The Bertz CT molecular complexity index is 770. The number of benzene rings is 1. The van der Waals surface area contributed by atoms with Crippen molar-refractivity contribution in [1.82, 2.24) is 14.8 Å². The fourth-order valence-corrected chi connectivity index (χ4v) is 3.41. The van der Waals surface area contributed by atoms with Crippen molar-refractivity contribution in [2.24, 2.45) is 0 Å². The highest BCUT2D eigenvalue weighted by Gasteiger charge is 2.20. The van der Waals surface area contributed by atoms with Crippen molar-refractivity contribution in [2.45, 2.75) is 30.6 Å². The third-order valence-corrected chi connectivity index (χ3v) is 4.79. The number of hydrogen-bond donors (Lipinski definition) is 2. The van der Waals surface area contributed by atoms with E-state index < -0.39 is 0 Å². The number of H-pyrrole nitrogens is 1. The van der Waals surface area contributed by atoms with Gasteiger partial charge in [0.15, 0.2) is 5.16 Å². The quantitative estimate of drug-likeness (QED) is 0.762. The number of carbonyl (C=O) groups is 1. The van der Waals surface area contributed by atoms with E-state index in [9.17, 15) is 9.59 Å². The number of amides is 1. The molecule has 0 saturated carbocycles. The Kier molecular flexibility index (Phi) is 5.60. The van der Waals surface area contributed by atoms with Crippen LogP contribution in [0.2, 0.25) is 5.02 Å².